The van der Waals surface area contributed by atoms with Gasteiger partial charge >= 0.3 is 0 Å². The summed E-state index contributed by atoms with van der Waals surface area (Å²) in [7, 11) is 0. The van der Waals surface area contributed by atoms with E-state index >= 15 is 0 Å². The second-order valence-corrected chi connectivity index (χ2v) is 6.14. The van der Waals surface area contributed by atoms with Crippen molar-refractivity contribution in [1.82, 2.24) is 14.7 Å². The fourth-order valence-electron chi connectivity index (χ4n) is 2.84. The first-order valence-electron chi connectivity index (χ1n) is 8.04. The van der Waals surface area contributed by atoms with Gasteiger partial charge in [-0.05, 0) is 26.8 Å². The van der Waals surface area contributed by atoms with Crippen molar-refractivity contribution < 1.29 is 10.2 Å². The van der Waals surface area contributed by atoms with E-state index in [1.54, 1.807) is 0 Å². The third-order valence-electron chi connectivity index (χ3n) is 3.78. The minimum absolute atomic E-state index is 0.229. The largest absolute Gasteiger partial charge is 0.392 e. The number of piperazine rings is 1. The maximum atomic E-state index is 9.52. The van der Waals surface area contributed by atoms with Crippen LogP contribution in [0.2, 0.25) is 0 Å². The van der Waals surface area contributed by atoms with Gasteiger partial charge in [0.05, 0.1) is 12.2 Å². The van der Waals surface area contributed by atoms with Gasteiger partial charge in [-0.25, -0.2) is 0 Å². The lowest BCUT2D eigenvalue weighted by molar-refractivity contribution is 0.0705. The van der Waals surface area contributed by atoms with E-state index in [1.807, 2.05) is 13.8 Å². The van der Waals surface area contributed by atoms with Gasteiger partial charge in [-0.1, -0.05) is 6.92 Å². The summed E-state index contributed by atoms with van der Waals surface area (Å²) >= 11 is 0. The molecule has 0 aromatic carbocycles. The zero-order valence-corrected chi connectivity index (χ0v) is 13.5. The highest BCUT2D eigenvalue weighted by Gasteiger charge is 2.18. The third-order valence-corrected chi connectivity index (χ3v) is 3.78. The van der Waals surface area contributed by atoms with E-state index in [2.05, 4.69) is 21.6 Å². The molecule has 0 aromatic heterocycles. The molecule has 5 heteroatoms. The molecular formula is C15H33N3O2. The van der Waals surface area contributed by atoms with Crippen molar-refractivity contribution in [2.45, 2.75) is 39.4 Å². The van der Waals surface area contributed by atoms with Crippen molar-refractivity contribution in [1.29, 1.82) is 0 Å². The Morgan fingerprint density at radius 2 is 1.55 bits per heavy atom. The Bertz CT molecular complexity index is 241. The average molecular weight is 287 g/mol. The van der Waals surface area contributed by atoms with Crippen LogP contribution in [0.25, 0.3) is 0 Å². The van der Waals surface area contributed by atoms with Gasteiger partial charge in [0.25, 0.3) is 0 Å². The molecule has 1 aliphatic heterocycles. The zero-order valence-electron chi connectivity index (χ0n) is 13.5. The molecule has 0 aliphatic carbocycles. The maximum Gasteiger partial charge on any atom is 0.0639 e. The average Bonchev–Trinajstić information content (AvgIpc) is 2.36. The van der Waals surface area contributed by atoms with Gasteiger partial charge in [0.2, 0.25) is 0 Å². The molecule has 0 aromatic rings. The standard InChI is InChI=1S/C15H33N3O2/c1-4-5-17(12-14(2)19)9-6-16-7-10-18(11-8-16)13-15(3)20/h14-15,19-20H,4-13H2,1-3H3/t14-,15-/m1/s1. The van der Waals surface area contributed by atoms with Crippen LogP contribution in [0.5, 0.6) is 0 Å². The number of rotatable bonds is 9. The second-order valence-electron chi connectivity index (χ2n) is 6.14. The van der Waals surface area contributed by atoms with Gasteiger partial charge in [0.15, 0.2) is 0 Å². The summed E-state index contributed by atoms with van der Waals surface area (Å²) in [4.78, 5) is 7.18. The van der Waals surface area contributed by atoms with Crippen LogP contribution in [-0.4, -0.2) is 96.0 Å². The summed E-state index contributed by atoms with van der Waals surface area (Å²) in [6.07, 6.45) is 0.659. The predicted octanol–water partition coefficient (Wildman–Crippen LogP) is 0.0776. The Kier molecular flexibility index (Phi) is 8.64. The highest BCUT2D eigenvalue weighted by atomic mass is 16.3. The van der Waals surface area contributed by atoms with Gasteiger partial charge in [-0.15, -0.1) is 0 Å². The molecule has 5 nitrogen and oxygen atoms in total. The number of aliphatic hydroxyl groups is 2. The van der Waals surface area contributed by atoms with Crippen molar-refractivity contribution in [2.24, 2.45) is 0 Å². The molecule has 0 bridgehead atoms. The highest BCUT2D eigenvalue weighted by molar-refractivity contribution is 4.74. The van der Waals surface area contributed by atoms with Gasteiger partial charge < -0.3 is 10.2 Å². The van der Waals surface area contributed by atoms with Crippen molar-refractivity contribution in [3.05, 3.63) is 0 Å². The quantitative estimate of drug-likeness (QED) is 0.629. The highest BCUT2D eigenvalue weighted by Crippen LogP contribution is 2.04. The van der Waals surface area contributed by atoms with E-state index in [4.69, 9.17) is 0 Å². The topological polar surface area (TPSA) is 50.2 Å². The van der Waals surface area contributed by atoms with Crippen molar-refractivity contribution in [3.63, 3.8) is 0 Å². The monoisotopic (exact) mass is 287 g/mol. The molecule has 1 heterocycles. The molecule has 120 valence electrons. The van der Waals surface area contributed by atoms with Crippen molar-refractivity contribution >= 4 is 0 Å². The summed E-state index contributed by atoms with van der Waals surface area (Å²) in [5, 5.41) is 18.9. The molecule has 0 unspecified atom stereocenters. The minimum atomic E-state index is -0.246. The SMILES string of the molecule is CCCN(CCN1CCN(C[C@@H](C)O)CC1)C[C@@H](C)O. The fourth-order valence-corrected chi connectivity index (χ4v) is 2.84. The lowest BCUT2D eigenvalue weighted by Crippen LogP contribution is -2.50. The van der Waals surface area contributed by atoms with Gasteiger partial charge in [-0.2, -0.15) is 0 Å². The Hall–Kier alpha value is -0.200. The Morgan fingerprint density at radius 1 is 0.950 bits per heavy atom. The third kappa shape index (κ3) is 7.55. The summed E-state index contributed by atoms with van der Waals surface area (Å²) < 4.78 is 0. The predicted molar refractivity (Wildman–Crippen MR) is 83.0 cm³/mol. The van der Waals surface area contributed by atoms with Crippen LogP contribution < -0.4 is 0 Å². The second kappa shape index (κ2) is 9.68. The fraction of sp³-hybridized carbons (Fsp3) is 1.00. The van der Waals surface area contributed by atoms with Gasteiger partial charge in [0.1, 0.15) is 0 Å². The molecule has 1 aliphatic rings. The van der Waals surface area contributed by atoms with Gasteiger partial charge in [0, 0.05) is 52.4 Å². The number of hydrogen-bond acceptors (Lipinski definition) is 5. The first kappa shape index (κ1) is 17.9. The number of aliphatic hydroxyl groups excluding tert-OH is 2. The van der Waals surface area contributed by atoms with Crippen LogP contribution in [0.4, 0.5) is 0 Å². The first-order chi connectivity index (χ1) is 9.51. The molecule has 0 saturated carbocycles. The Balaban J connectivity index is 2.21. The summed E-state index contributed by atoms with van der Waals surface area (Å²) in [5.41, 5.74) is 0. The number of hydrogen-bond donors (Lipinski definition) is 2. The Labute approximate surface area is 124 Å². The van der Waals surface area contributed by atoms with Crippen LogP contribution in [0.15, 0.2) is 0 Å². The molecular weight excluding hydrogens is 254 g/mol. The molecule has 0 spiro atoms. The minimum Gasteiger partial charge on any atom is -0.392 e. The normalized spacial score (nSPS) is 21.3. The molecule has 2 atom stereocenters. The van der Waals surface area contributed by atoms with Crippen molar-refractivity contribution in [2.75, 3.05) is 58.9 Å². The van der Waals surface area contributed by atoms with E-state index in [1.165, 1.54) is 0 Å². The zero-order chi connectivity index (χ0) is 15.0. The molecule has 0 amide bonds. The molecule has 0 radical (unpaired) electrons. The van der Waals surface area contributed by atoms with Crippen LogP contribution in [0.1, 0.15) is 27.2 Å². The molecule has 2 N–H and O–H groups in total. The number of β-amino-alcohol motifs (C(OH)–C–C–N with tert-alkyl or cyclic N) is 1. The molecule has 20 heavy (non-hydrogen) atoms. The molecule has 1 rings (SSSR count). The smallest absolute Gasteiger partial charge is 0.0639 e. The van der Waals surface area contributed by atoms with E-state index < -0.39 is 0 Å². The Morgan fingerprint density at radius 3 is 2.05 bits per heavy atom. The van der Waals surface area contributed by atoms with E-state index in [-0.39, 0.29) is 12.2 Å². The first-order valence-corrected chi connectivity index (χ1v) is 8.04. The summed E-state index contributed by atoms with van der Waals surface area (Å²) in [6.45, 7) is 14.9. The lowest BCUT2D eigenvalue weighted by atomic mass is 10.2. The van der Waals surface area contributed by atoms with Crippen LogP contribution in [0.3, 0.4) is 0 Å². The van der Waals surface area contributed by atoms with E-state index in [0.29, 0.717) is 0 Å². The summed E-state index contributed by atoms with van der Waals surface area (Å²) in [6, 6.07) is 0. The molecule has 1 saturated heterocycles. The van der Waals surface area contributed by atoms with Crippen LogP contribution in [-0.2, 0) is 0 Å². The van der Waals surface area contributed by atoms with Crippen LogP contribution in [0, 0.1) is 0 Å². The van der Waals surface area contributed by atoms with Gasteiger partial charge in [-0.3, -0.25) is 14.7 Å². The number of nitrogens with zero attached hydrogens (tertiary/aromatic N) is 3. The van der Waals surface area contributed by atoms with Crippen molar-refractivity contribution in [3.8, 4) is 0 Å². The van der Waals surface area contributed by atoms with Crippen LogP contribution >= 0.6 is 0 Å². The lowest BCUT2D eigenvalue weighted by Gasteiger charge is -2.36. The van der Waals surface area contributed by atoms with E-state index in [9.17, 15) is 10.2 Å². The molecule has 1 fully saturated rings. The van der Waals surface area contributed by atoms with E-state index in [0.717, 1.165) is 65.3 Å². The maximum absolute atomic E-state index is 9.52. The summed E-state index contributed by atoms with van der Waals surface area (Å²) in [5.74, 6) is 0.